The molecule has 0 aliphatic carbocycles. The normalized spacial score (nSPS) is 12.8. The Morgan fingerprint density at radius 1 is 0.769 bits per heavy atom. The molecule has 10 heteroatoms. The zero-order valence-electron chi connectivity index (χ0n) is 16.2. The number of hydrogen-bond acceptors (Lipinski definition) is 7. The summed E-state index contributed by atoms with van der Waals surface area (Å²) in [6, 6.07) is 0. The summed E-state index contributed by atoms with van der Waals surface area (Å²) < 4.78 is 12.2. The highest BCUT2D eigenvalue weighted by Crippen LogP contribution is 2.26. The third-order valence-electron chi connectivity index (χ3n) is 4.75. The van der Waals surface area contributed by atoms with Crippen LogP contribution in [0, 0.1) is 0 Å². The minimum atomic E-state index is -0.750. The number of hydrogen-bond donors (Lipinski definition) is 2. The molecule has 2 rings (SSSR count). The average Bonchev–Trinajstić information content (AvgIpc) is 3.29. The quantitative estimate of drug-likeness (QED) is 0.538. The van der Waals surface area contributed by atoms with Crippen molar-refractivity contribution in [3.8, 4) is 0 Å². The summed E-state index contributed by atoms with van der Waals surface area (Å²) in [5.41, 5.74) is -0.204. The molecule has 0 saturated heterocycles. The first-order valence-corrected chi connectivity index (χ1v) is 10.6. The Kier molecular flexibility index (Phi) is 7.36. The average molecular weight is 383 g/mol. The van der Waals surface area contributed by atoms with Crippen molar-refractivity contribution in [3.05, 3.63) is 11.6 Å². The van der Waals surface area contributed by atoms with Crippen LogP contribution in [0.5, 0.6) is 0 Å². The second-order valence-electron chi connectivity index (χ2n) is 8.00. The molecule has 0 unspecified atom stereocenters. The molecule has 0 atom stereocenters. The van der Waals surface area contributed by atoms with Crippen molar-refractivity contribution < 1.29 is 4.21 Å². The van der Waals surface area contributed by atoms with Gasteiger partial charge in [0.1, 0.15) is 0 Å². The maximum Gasteiger partial charge on any atom is 0.180 e. The van der Waals surface area contributed by atoms with Crippen molar-refractivity contribution in [2.75, 3.05) is 11.5 Å². The number of aromatic amines is 2. The van der Waals surface area contributed by atoms with Crippen molar-refractivity contribution in [3.63, 3.8) is 0 Å². The molecule has 0 fully saturated rings. The first-order chi connectivity index (χ1) is 12.3. The summed E-state index contributed by atoms with van der Waals surface area (Å²) in [5.74, 6) is 3.00. The van der Waals surface area contributed by atoms with Gasteiger partial charge in [0.15, 0.2) is 11.6 Å². The Morgan fingerprint density at radius 3 is 1.54 bits per heavy atom. The van der Waals surface area contributed by atoms with E-state index in [0.717, 1.165) is 61.7 Å². The van der Waals surface area contributed by atoms with Crippen LogP contribution in [0.1, 0.15) is 77.9 Å². The fourth-order valence-corrected chi connectivity index (χ4v) is 4.14. The zero-order valence-corrected chi connectivity index (χ0v) is 17.0. The molecule has 2 aromatic heterocycles. The van der Waals surface area contributed by atoms with Crippen LogP contribution in [0.2, 0.25) is 0 Å². The Balaban J connectivity index is 1.57. The van der Waals surface area contributed by atoms with E-state index in [-0.39, 0.29) is 10.8 Å². The maximum absolute atomic E-state index is 12.2. The van der Waals surface area contributed by atoms with Crippen molar-refractivity contribution in [2.24, 2.45) is 0 Å². The van der Waals surface area contributed by atoms with Crippen molar-refractivity contribution >= 4 is 10.8 Å². The van der Waals surface area contributed by atoms with Gasteiger partial charge in [-0.2, -0.15) is 10.4 Å². The number of nitrogens with one attached hydrogen (secondary N) is 2. The Bertz CT molecular complexity index is 598. The van der Waals surface area contributed by atoms with E-state index >= 15 is 0 Å². The molecule has 0 aliphatic heterocycles. The Labute approximate surface area is 157 Å². The highest BCUT2D eigenvalue weighted by Gasteiger charge is 2.25. The molecule has 146 valence electrons. The van der Waals surface area contributed by atoms with Crippen LogP contribution < -0.4 is 0 Å². The van der Waals surface area contributed by atoms with Gasteiger partial charge in [-0.1, -0.05) is 51.0 Å². The fourth-order valence-electron chi connectivity index (χ4n) is 2.88. The Hall–Kier alpha value is -1.71. The molecule has 0 bridgehead atoms. The third kappa shape index (κ3) is 6.22. The molecule has 2 N–H and O–H groups in total. The van der Waals surface area contributed by atoms with Gasteiger partial charge < -0.3 is 0 Å². The number of tetrazole rings is 2. The molecule has 0 amide bonds. The lowest BCUT2D eigenvalue weighted by Gasteiger charge is -2.20. The van der Waals surface area contributed by atoms with E-state index in [2.05, 4.69) is 68.9 Å². The number of H-pyrrole nitrogens is 2. The van der Waals surface area contributed by atoms with Crippen LogP contribution >= 0.6 is 0 Å². The van der Waals surface area contributed by atoms with Gasteiger partial charge in [0.05, 0.1) is 0 Å². The monoisotopic (exact) mass is 382 g/mol. The van der Waals surface area contributed by atoms with E-state index in [1.807, 2.05) is 0 Å². The van der Waals surface area contributed by atoms with Crippen LogP contribution in [0.4, 0.5) is 0 Å². The number of aromatic nitrogens is 8. The molecule has 2 aromatic rings. The molecule has 9 nitrogen and oxygen atoms in total. The molecule has 0 aromatic carbocycles. The lowest BCUT2D eigenvalue weighted by molar-refractivity contribution is 0.431. The van der Waals surface area contributed by atoms with E-state index < -0.39 is 10.8 Å². The van der Waals surface area contributed by atoms with Crippen LogP contribution in [-0.4, -0.2) is 57.0 Å². The smallest absolute Gasteiger partial charge is 0.180 e. The molecule has 2 heterocycles. The molecule has 26 heavy (non-hydrogen) atoms. The first-order valence-electron chi connectivity index (χ1n) is 9.14. The lowest BCUT2D eigenvalue weighted by Crippen LogP contribution is -2.20. The van der Waals surface area contributed by atoms with E-state index in [4.69, 9.17) is 0 Å². The standard InChI is InChI=1S/C16H30N8OS/c1-15(2,13-17-21-22-18-13)9-5-7-11-26(25)12-8-6-10-16(3,4)14-19-23-24-20-14/h5-12H2,1-4H3,(H,17,18,21,22)(H,19,20,23,24). The highest BCUT2D eigenvalue weighted by molar-refractivity contribution is 7.84. The van der Waals surface area contributed by atoms with Crippen LogP contribution in [0.15, 0.2) is 0 Å². The van der Waals surface area contributed by atoms with Gasteiger partial charge >= 0.3 is 0 Å². The highest BCUT2D eigenvalue weighted by atomic mass is 32.2. The summed E-state index contributed by atoms with van der Waals surface area (Å²) in [6.45, 7) is 8.45. The molecule has 0 spiro atoms. The number of rotatable bonds is 12. The van der Waals surface area contributed by atoms with E-state index in [1.54, 1.807) is 0 Å². The van der Waals surface area contributed by atoms with Gasteiger partial charge in [-0.15, -0.1) is 20.4 Å². The van der Waals surface area contributed by atoms with E-state index in [1.165, 1.54) is 0 Å². The topological polar surface area (TPSA) is 126 Å². The van der Waals surface area contributed by atoms with Crippen molar-refractivity contribution in [2.45, 2.75) is 77.0 Å². The Morgan fingerprint density at radius 2 is 1.19 bits per heavy atom. The minimum absolute atomic E-state index is 0.102. The van der Waals surface area contributed by atoms with Gasteiger partial charge in [-0.25, -0.2) is 0 Å². The van der Waals surface area contributed by atoms with Gasteiger partial charge in [0, 0.05) is 33.1 Å². The predicted octanol–water partition coefficient (Wildman–Crippen LogP) is 2.06. The van der Waals surface area contributed by atoms with Crippen molar-refractivity contribution in [1.82, 2.24) is 41.2 Å². The SMILES string of the molecule is CC(C)(CCCCS(=O)CCCCC(C)(C)c1nn[nH]n1)c1nn[nH]n1. The number of unbranched alkanes of at least 4 members (excludes halogenated alkanes) is 2. The predicted molar refractivity (Wildman–Crippen MR) is 100.0 cm³/mol. The summed E-state index contributed by atoms with van der Waals surface area (Å²) in [6.07, 6.45) is 5.87. The minimum Gasteiger partial charge on any atom is -0.260 e. The van der Waals surface area contributed by atoms with Gasteiger partial charge in [0.2, 0.25) is 0 Å². The molecule has 0 aliphatic rings. The van der Waals surface area contributed by atoms with E-state index in [9.17, 15) is 4.21 Å². The molecule has 0 saturated carbocycles. The summed E-state index contributed by atoms with van der Waals surface area (Å²) in [7, 11) is -0.750. The van der Waals surface area contributed by atoms with Gasteiger partial charge in [-0.3, -0.25) is 4.21 Å². The van der Waals surface area contributed by atoms with E-state index in [0.29, 0.717) is 0 Å². The largest absolute Gasteiger partial charge is 0.260 e. The second kappa shape index (κ2) is 9.29. The third-order valence-corrected chi connectivity index (χ3v) is 6.24. The van der Waals surface area contributed by atoms with Crippen LogP contribution in [-0.2, 0) is 21.6 Å². The lowest BCUT2D eigenvalue weighted by atomic mass is 9.86. The molecular weight excluding hydrogens is 352 g/mol. The zero-order chi connectivity index (χ0) is 19.0. The van der Waals surface area contributed by atoms with Crippen LogP contribution in [0.3, 0.4) is 0 Å². The summed E-state index contributed by atoms with van der Waals surface area (Å²) >= 11 is 0. The van der Waals surface area contributed by atoms with Gasteiger partial charge in [0.25, 0.3) is 0 Å². The summed E-state index contributed by atoms with van der Waals surface area (Å²) in [4.78, 5) is 0. The second-order valence-corrected chi connectivity index (χ2v) is 9.70. The first kappa shape index (κ1) is 20.6. The van der Waals surface area contributed by atoms with Gasteiger partial charge in [-0.05, 0) is 25.7 Å². The maximum atomic E-state index is 12.2. The van der Waals surface area contributed by atoms with Crippen LogP contribution in [0.25, 0.3) is 0 Å². The summed E-state index contributed by atoms with van der Waals surface area (Å²) in [5, 5.41) is 28.5. The molecule has 0 radical (unpaired) electrons. The molecular formula is C16H30N8OS. The van der Waals surface area contributed by atoms with Crippen molar-refractivity contribution in [1.29, 1.82) is 0 Å². The number of nitrogens with zero attached hydrogens (tertiary/aromatic N) is 6. The fraction of sp³-hybridized carbons (Fsp3) is 0.875.